The minimum Gasteiger partial charge on any atom is -0.477 e. The summed E-state index contributed by atoms with van der Waals surface area (Å²) < 4.78 is 10.3. The first-order valence-electron chi connectivity index (χ1n) is 6.50. The van der Waals surface area contributed by atoms with Crippen molar-refractivity contribution in [1.29, 1.82) is 0 Å². The molecule has 6 unspecified atom stereocenters. The summed E-state index contributed by atoms with van der Waals surface area (Å²) in [5, 5.41) is 41.9. The van der Waals surface area contributed by atoms with Gasteiger partial charge < -0.3 is 35.2 Å². The zero-order valence-corrected chi connectivity index (χ0v) is 11.8. The molecule has 1 rings (SSSR count). The lowest BCUT2D eigenvalue weighted by Crippen LogP contribution is -2.66. The molecule has 1 saturated heterocycles. The Hall–Kier alpha value is -0.770. The molecule has 1 aliphatic heterocycles. The van der Waals surface area contributed by atoms with Crippen LogP contribution in [0.1, 0.15) is 19.8 Å². The summed E-state index contributed by atoms with van der Waals surface area (Å²) in [5.41, 5.74) is 0. The van der Waals surface area contributed by atoms with Crippen molar-refractivity contribution in [1.82, 2.24) is 5.32 Å². The highest BCUT2D eigenvalue weighted by atomic mass is 16.7. The van der Waals surface area contributed by atoms with Crippen LogP contribution in [-0.2, 0) is 14.3 Å². The molecule has 8 heteroatoms. The Morgan fingerprint density at radius 3 is 2.55 bits per heavy atom. The van der Waals surface area contributed by atoms with Crippen molar-refractivity contribution in [3.05, 3.63) is 0 Å². The van der Waals surface area contributed by atoms with Gasteiger partial charge in [-0.2, -0.15) is 0 Å². The number of aliphatic hydroxyl groups excluding tert-OH is 3. The molecular formula is C12H23NO7. The highest BCUT2D eigenvalue weighted by molar-refractivity contribution is 5.76. The molecule has 5 N–H and O–H groups in total. The standard InChI is InChI=1S/C12H23NO7/c1-4-6(14)9(16)10-8(13-2)7(15)5-12(19-3,20-10)11(17)18/h6-10,13-16H,4-5H2,1-3H3,(H,17,18). The van der Waals surface area contributed by atoms with E-state index in [4.69, 9.17) is 9.47 Å². The fraction of sp³-hybridized carbons (Fsp3) is 0.917. The molecule has 0 aromatic carbocycles. The lowest BCUT2D eigenvalue weighted by Gasteiger charge is -2.46. The van der Waals surface area contributed by atoms with Gasteiger partial charge in [0.15, 0.2) is 0 Å². The molecule has 1 fully saturated rings. The van der Waals surface area contributed by atoms with E-state index in [1.807, 2.05) is 0 Å². The third-order valence-corrected chi connectivity index (χ3v) is 3.71. The summed E-state index contributed by atoms with van der Waals surface area (Å²) in [7, 11) is 2.70. The Morgan fingerprint density at radius 1 is 1.55 bits per heavy atom. The molecule has 0 aliphatic carbocycles. The van der Waals surface area contributed by atoms with Crippen LogP contribution in [0, 0.1) is 0 Å². The van der Waals surface area contributed by atoms with Crippen LogP contribution in [0.3, 0.4) is 0 Å². The Morgan fingerprint density at radius 2 is 2.15 bits per heavy atom. The van der Waals surface area contributed by atoms with E-state index in [2.05, 4.69) is 5.32 Å². The first-order chi connectivity index (χ1) is 9.32. The predicted molar refractivity (Wildman–Crippen MR) is 68.0 cm³/mol. The Labute approximate surface area is 117 Å². The average molecular weight is 293 g/mol. The summed E-state index contributed by atoms with van der Waals surface area (Å²) in [4.78, 5) is 11.3. The van der Waals surface area contributed by atoms with Crippen LogP contribution in [-0.4, -0.2) is 76.8 Å². The summed E-state index contributed by atoms with van der Waals surface area (Å²) in [6, 6.07) is -0.714. The van der Waals surface area contributed by atoms with Crippen LogP contribution in [0.25, 0.3) is 0 Å². The van der Waals surface area contributed by atoms with Crippen molar-refractivity contribution < 1.29 is 34.7 Å². The van der Waals surface area contributed by atoms with E-state index in [-0.39, 0.29) is 12.8 Å². The van der Waals surface area contributed by atoms with E-state index in [1.54, 1.807) is 14.0 Å². The Bertz CT molecular complexity index is 340. The molecule has 0 aromatic rings. The maximum atomic E-state index is 11.3. The number of aliphatic hydroxyl groups is 3. The zero-order valence-electron chi connectivity index (χ0n) is 11.8. The van der Waals surface area contributed by atoms with E-state index < -0.39 is 42.2 Å². The normalized spacial score (nSPS) is 37.4. The van der Waals surface area contributed by atoms with Crippen LogP contribution in [0.4, 0.5) is 0 Å². The zero-order chi connectivity index (χ0) is 15.5. The smallest absolute Gasteiger partial charge is 0.364 e. The summed E-state index contributed by atoms with van der Waals surface area (Å²) in [6.07, 6.45) is -4.68. The topological polar surface area (TPSA) is 128 Å². The fourth-order valence-corrected chi connectivity index (χ4v) is 2.42. The maximum Gasteiger partial charge on any atom is 0.364 e. The number of ether oxygens (including phenoxy) is 2. The fourth-order valence-electron chi connectivity index (χ4n) is 2.42. The molecule has 1 heterocycles. The summed E-state index contributed by atoms with van der Waals surface area (Å²) in [6.45, 7) is 1.67. The second-order valence-electron chi connectivity index (χ2n) is 4.90. The maximum absolute atomic E-state index is 11.3. The van der Waals surface area contributed by atoms with Crippen molar-refractivity contribution in [2.24, 2.45) is 0 Å². The minimum absolute atomic E-state index is 0.264. The van der Waals surface area contributed by atoms with E-state index in [0.717, 1.165) is 7.11 Å². The number of methoxy groups -OCH3 is 1. The minimum atomic E-state index is -2.04. The van der Waals surface area contributed by atoms with E-state index in [9.17, 15) is 25.2 Å². The molecule has 0 bridgehead atoms. The number of rotatable bonds is 6. The number of nitrogens with one attached hydrogen (secondary N) is 1. The van der Waals surface area contributed by atoms with Gasteiger partial charge in [0.1, 0.15) is 12.2 Å². The lowest BCUT2D eigenvalue weighted by molar-refractivity contribution is -0.303. The average Bonchev–Trinajstić information content (AvgIpc) is 2.44. The van der Waals surface area contributed by atoms with Gasteiger partial charge in [0.2, 0.25) is 0 Å². The number of likely N-dealkylation sites (N-methyl/N-ethyl adjacent to an activating group) is 1. The molecule has 20 heavy (non-hydrogen) atoms. The quantitative estimate of drug-likeness (QED) is 0.391. The van der Waals surface area contributed by atoms with Crippen LogP contribution >= 0.6 is 0 Å². The van der Waals surface area contributed by atoms with Crippen molar-refractivity contribution in [3.8, 4) is 0 Å². The lowest BCUT2D eigenvalue weighted by atomic mass is 9.88. The van der Waals surface area contributed by atoms with Crippen molar-refractivity contribution in [2.45, 2.75) is 56.0 Å². The highest BCUT2D eigenvalue weighted by Crippen LogP contribution is 2.32. The Kier molecular flexibility index (Phi) is 5.87. The van der Waals surface area contributed by atoms with Gasteiger partial charge in [-0.15, -0.1) is 0 Å². The molecule has 1 aliphatic rings. The van der Waals surface area contributed by atoms with E-state index in [0.29, 0.717) is 0 Å². The van der Waals surface area contributed by atoms with Crippen molar-refractivity contribution >= 4 is 5.97 Å². The van der Waals surface area contributed by atoms with Gasteiger partial charge in [-0.25, -0.2) is 4.79 Å². The molecular weight excluding hydrogens is 270 g/mol. The first-order valence-corrected chi connectivity index (χ1v) is 6.50. The number of carbonyl (C=O) groups is 1. The van der Waals surface area contributed by atoms with E-state index in [1.165, 1.54) is 0 Å². The first kappa shape index (κ1) is 17.3. The second-order valence-corrected chi connectivity index (χ2v) is 4.90. The number of hydrogen-bond acceptors (Lipinski definition) is 7. The SMILES string of the molecule is CCC(O)C(O)C1OC(OC)(C(=O)O)CC(O)C1NC. The summed E-state index contributed by atoms with van der Waals surface area (Å²) in [5.74, 6) is -3.43. The molecule has 0 saturated carbocycles. The third kappa shape index (κ3) is 3.11. The van der Waals surface area contributed by atoms with Gasteiger partial charge in [-0.05, 0) is 13.5 Å². The van der Waals surface area contributed by atoms with Gasteiger partial charge in [0.25, 0.3) is 5.79 Å². The van der Waals surface area contributed by atoms with Crippen LogP contribution in [0.5, 0.6) is 0 Å². The van der Waals surface area contributed by atoms with Crippen molar-refractivity contribution in [2.75, 3.05) is 14.2 Å². The van der Waals surface area contributed by atoms with Crippen LogP contribution < -0.4 is 5.32 Å². The molecule has 6 atom stereocenters. The molecule has 0 amide bonds. The molecule has 118 valence electrons. The van der Waals surface area contributed by atoms with Gasteiger partial charge in [-0.1, -0.05) is 6.92 Å². The summed E-state index contributed by atoms with van der Waals surface area (Å²) >= 11 is 0. The van der Waals surface area contributed by atoms with Gasteiger partial charge >= 0.3 is 5.97 Å². The molecule has 0 radical (unpaired) electrons. The molecule has 8 nitrogen and oxygen atoms in total. The number of aliphatic carboxylic acids is 1. The van der Waals surface area contributed by atoms with Crippen molar-refractivity contribution in [3.63, 3.8) is 0 Å². The monoisotopic (exact) mass is 293 g/mol. The van der Waals surface area contributed by atoms with Gasteiger partial charge in [-0.3, -0.25) is 0 Å². The number of carboxylic acids is 1. The number of hydrogen-bond donors (Lipinski definition) is 5. The van der Waals surface area contributed by atoms with Gasteiger partial charge in [0.05, 0.1) is 18.2 Å². The van der Waals surface area contributed by atoms with Crippen LogP contribution in [0.2, 0.25) is 0 Å². The van der Waals surface area contributed by atoms with Gasteiger partial charge in [0, 0.05) is 13.5 Å². The predicted octanol–water partition coefficient (Wildman–Crippen LogP) is -1.72. The van der Waals surface area contributed by atoms with Crippen LogP contribution in [0.15, 0.2) is 0 Å². The second kappa shape index (κ2) is 6.79. The Balaban J connectivity index is 3.06. The molecule has 0 aromatic heterocycles. The third-order valence-electron chi connectivity index (χ3n) is 3.71. The highest BCUT2D eigenvalue weighted by Gasteiger charge is 2.54. The molecule has 0 spiro atoms. The number of carboxylic acid groups (broad SMARTS) is 1. The largest absolute Gasteiger partial charge is 0.477 e. The van der Waals surface area contributed by atoms with E-state index >= 15 is 0 Å².